The number of hydrogen-bond acceptors (Lipinski definition) is 2. The molecule has 0 N–H and O–H groups in total. The van der Waals surface area contributed by atoms with Crippen LogP contribution in [-0.4, -0.2) is 12.6 Å². The Morgan fingerprint density at radius 1 is 1.50 bits per heavy atom. The van der Waals surface area contributed by atoms with Crippen LogP contribution in [0.3, 0.4) is 0 Å². The Bertz CT molecular complexity index is 489. The number of anilines is 1. The van der Waals surface area contributed by atoms with E-state index in [0.29, 0.717) is 23.2 Å². The average molecular weight is 311 g/mol. The Hall–Kier alpha value is -1.08. The van der Waals surface area contributed by atoms with E-state index in [0.717, 1.165) is 19.4 Å². The first-order chi connectivity index (χ1) is 8.54. The molecule has 0 aliphatic heterocycles. The summed E-state index contributed by atoms with van der Waals surface area (Å²) in [5, 5.41) is 8.88. The number of rotatable bonds is 4. The van der Waals surface area contributed by atoms with Crippen molar-refractivity contribution < 1.29 is 4.39 Å². The molecular formula is C14H16BrFN2. The lowest BCUT2D eigenvalue weighted by molar-refractivity contribution is 0.575. The second-order valence-electron chi connectivity index (χ2n) is 5.15. The van der Waals surface area contributed by atoms with E-state index in [1.807, 2.05) is 6.07 Å². The first kappa shape index (κ1) is 13.4. The molecule has 1 saturated carbocycles. The van der Waals surface area contributed by atoms with Gasteiger partial charge in [-0.05, 0) is 46.8 Å². The number of halogens is 2. The minimum absolute atomic E-state index is 0.275. The molecule has 0 saturated heterocycles. The van der Waals surface area contributed by atoms with Crippen molar-refractivity contribution in [1.82, 2.24) is 0 Å². The van der Waals surface area contributed by atoms with E-state index in [2.05, 4.69) is 34.7 Å². The number of hydrogen-bond donors (Lipinski definition) is 0. The summed E-state index contributed by atoms with van der Waals surface area (Å²) in [4.78, 5) is 2.13. The van der Waals surface area contributed by atoms with Gasteiger partial charge in [-0.1, -0.05) is 13.8 Å². The summed E-state index contributed by atoms with van der Waals surface area (Å²) in [5.74, 6) is 0.168. The first-order valence-electron chi connectivity index (χ1n) is 6.19. The van der Waals surface area contributed by atoms with Gasteiger partial charge >= 0.3 is 0 Å². The van der Waals surface area contributed by atoms with Crippen LogP contribution in [0, 0.1) is 23.1 Å². The van der Waals surface area contributed by atoms with Crippen LogP contribution in [0.1, 0.15) is 32.3 Å². The van der Waals surface area contributed by atoms with Gasteiger partial charge in [0.05, 0.1) is 15.7 Å². The predicted octanol–water partition coefficient (Wildman–Crippen LogP) is 4.08. The molecule has 0 amide bonds. The summed E-state index contributed by atoms with van der Waals surface area (Å²) in [5.41, 5.74) is 0.952. The zero-order valence-electron chi connectivity index (χ0n) is 10.6. The van der Waals surface area contributed by atoms with Gasteiger partial charge in [0.1, 0.15) is 6.07 Å². The third kappa shape index (κ3) is 2.67. The van der Waals surface area contributed by atoms with E-state index in [1.54, 1.807) is 12.1 Å². The van der Waals surface area contributed by atoms with Gasteiger partial charge in [0.15, 0.2) is 5.82 Å². The molecule has 2 nitrogen and oxygen atoms in total. The molecule has 0 aromatic heterocycles. The van der Waals surface area contributed by atoms with Gasteiger partial charge in [-0.25, -0.2) is 4.39 Å². The van der Waals surface area contributed by atoms with Crippen molar-refractivity contribution in [2.24, 2.45) is 5.92 Å². The maximum absolute atomic E-state index is 14.3. The normalized spacial score (nSPS) is 14.7. The molecule has 96 valence electrons. The van der Waals surface area contributed by atoms with Crippen LogP contribution >= 0.6 is 15.9 Å². The highest BCUT2D eigenvalue weighted by atomic mass is 79.9. The van der Waals surface area contributed by atoms with Gasteiger partial charge in [0.2, 0.25) is 0 Å². The molecule has 1 aliphatic rings. The number of nitrogens with zero attached hydrogens (tertiary/aromatic N) is 2. The highest BCUT2D eigenvalue weighted by Gasteiger charge is 2.31. The lowest BCUT2D eigenvalue weighted by atomic mass is 10.1. The van der Waals surface area contributed by atoms with Crippen LogP contribution in [0.2, 0.25) is 0 Å². The maximum atomic E-state index is 14.3. The van der Waals surface area contributed by atoms with E-state index in [9.17, 15) is 4.39 Å². The second-order valence-corrected chi connectivity index (χ2v) is 5.94. The molecule has 1 fully saturated rings. The molecule has 0 heterocycles. The van der Waals surface area contributed by atoms with Crippen molar-refractivity contribution in [1.29, 1.82) is 5.26 Å². The van der Waals surface area contributed by atoms with Crippen LogP contribution in [0.15, 0.2) is 16.6 Å². The first-order valence-corrected chi connectivity index (χ1v) is 6.98. The number of benzene rings is 1. The van der Waals surface area contributed by atoms with Gasteiger partial charge in [0.25, 0.3) is 0 Å². The second kappa shape index (κ2) is 5.27. The van der Waals surface area contributed by atoms with Crippen molar-refractivity contribution in [3.8, 4) is 6.07 Å². The fourth-order valence-corrected chi connectivity index (χ4v) is 2.50. The van der Waals surface area contributed by atoms with Crippen LogP contribution < -0.4 is 4.90 Å². The molecule has 1 aromatic carbocycles. The summed E-state index contributed by atoms with van der Waals surface area (Å²) in [6.45, 7) is 5.11. The molecule has 0 unspecified atom stereocenters. The Balaban J connectivity index is 2.36. The van der Waals surface area contributed by atoms with Gasteiger partial charge < -0.3 is 4.90 Å². The fourth-order valence-electron chi connectivity index (χ4n) is 2.07. The van der Waals surface area contributed by atoms with Crippen molar-refractivity contribution in [3.05, 3.63) is 28.0 Å². The monoisotopic (exact) mass is 310 g/mol. The van der Waals surface area contributed by atoms with Crippen LogP contribution in [0.25, 0.3) is 0 Å². The third-order valence-electron chi connectivity index (χ3n) is 3.04. The third-order valence-corrected chi connectivity index (χ3v) is 3.82. The van der Waals surface area contributed by atoms with Crippen LogP contribution in [0.4, 0.5) is 10.1 Å². The lowest BCUT2D eigenvalue weighted by Gasteiger charge is -2.27. The molecule has 18 heavy (non-hydrogen) atoms. The van der Waals surface area contributed by atoms with E-state index < -0.39 is 0 Å². The molecule has 0 spiro atoms. The standard InChI is InChI=1S/C14H16BrFN2/c1-9(2)8-18(11-4-5-11)12-6-3-10(7-17)13(15)14(12)16/h3,6,9,11H,4-5,8H2,1-2H3. The van der Waals surface area contributed by atoms with E-state index in [-0.39, 0.29) is 10.3 Å². The minimum Gasteiger partial charge on any atom is -0.366 e. The zero-order chi connectivity index (χ0) is 13.3. The summed E-state index contributed by atoms with van der Waals surface area (Å²) in [6.07, 6.45) is 2.26. The largest absolute Gasteiger partial charge is 0.366 e. The SMILES string of the molecule is CC(C)CN(c1ccc(C#N)c(Br)c1F)C1CC1. The molecule has 4 heteroatoms. The number of nitriles is 1. The van der Waals surface area contributed by atoms with Crippen LogP contribution in [0.5, 0.6) is 0 Å². The molecular weight excluding hydrogens is 295 g/mol. The Morgan fingerprint density at radius 3 is 2.67 bits per heavy atom. The fraction of sp³-hybridized carbons (Fsp3) is 0.500. The van der Waals surface area contributed by atoms with E-state index in [1.165, 1.54) is 0 Å². The van der Waals surface area contributed by atoms with Crippen molar-refractivity contribution in [3.63, 3.8) is 0 Å². The lowest BCUT2D eigenvalue weighted by Crippen LogP contribution is -2.30. The van der Waals surface area contributed by atoms with Crippen molar-refractivity contribution in [2.45, 2.75) is 32.7 Å². The zero-order valence-corrected chi connectivity index (χ0v) is 12.2. The molecule has 2 rings (SSSR count). The Morgan fingerprint density at radius 2 is 2.17 bits per heavy atom. The molecule has 0 atom stereocenters. The quantitative estimate of drug-likeness (QED) is 0.837. The Labute approximate surface area is 116 Å². The molecule has 0 radical (unpaired) electrons. The maximum Gasteiger partial charge on any atom is 0.161 e. The average Bonchev–Trinajstić information content (AvgIpc) is 3.14. The topological polar surface area (TPSA) is 27.0 Å². The van der Waals surface area contributed by atoms with Gasteiger partial charge in [0, 0.05) is 12.6 Å². The van der Waals surface area contributed by atoms with Crippen molar-refractivity contribution in [2.75, 3.05) is 11.4 Å². The molecule has 1 aliphatic carbocycles. The Kier molecular flexibility index (Phi) is 3.91. The van der Waals surface area contributed by atoms with Gasteiger partial charge in [-0.3, -0.25) is 0 Å². The molecule has 0 bridgehead atoms. The highest BCUT2D eigenvalue weighted by molar-refractivity contribution is 9.10. The van der Waals surface area contributed by atoms with E-state index >= 15 is 0 Å². The van der Waals surface area contributed by atoms with Crippen LogP contribution in [-0.2, 0) is 0 Å². The van der Waals surface area contributed by atoms with Gasteiger partial charge in [-0.2, -0.15) is 5.26 Å². The minimum atomic E-state index is -0.318. The summed E-state index contributed by atoms with van der Waals surface area (Å²) < 4.78 is 14.6. The summed E-state index contributed by atoms with van der Waals surface area (Å²) in [7, 11) is 0. The smallest absolute Gasteiger partial charge is 0.161 e. The predicted molar refractivity (Wildman–Crippen MR) is 74.0 cm³/mol. The van der Waals surface area contributed by atoms with Gasteiger partial charge in [-0.15, -0.1) is 0 Å². The van der Waals surface area contributed by atoms with E-state index in [4.69, 9.17) is 5.26 Å². The van der Waals surface area contributed by atoms with Crippen molar-refractivity contribution >= 4 is 21.6 Å². The summed E-state index contributed by atoms with van der Waals surface area (Å²) >= 11 is 3.17. The summed E-state index contributed by atoms with van der Waals surface area (Å²) in [6, 6.07) is 5.84. The molecule has 1 aromatic rings. The highest BCUT2D eigenvalue weighted by Crippen LogP contribution is 2.36.